The van der Waals surface area contributed by atoms with E-state index in [1.165, 1.54) is 0 Å². The first kappa shape index (κ1) is 14.9. The van der Waals surface area contributed by atoms with Crippen LogP contribution in [-0.2, 0) is 10.0 Å². The van der Waals surface area contributed by atoms with Crippen LogP contribution in [-0.4, -0.2) is 26.8 Å². The van der Waals surface area contributed by atoms with Gasteiger partial charge in [0.15, 0.2) is 11.5 Å². The SMILES string of the molecule is CCOc1ccc(NS(=O)(=O)CCl)cc1OCC. The second-order valence-corrected chi connectivity index (χ2v) is 5.66. The van der Waals surface area contributed by atoms with E-state index in [0.29, 0.717) is 30.4 Å². The van der Waals surface area contributed by atoms with E-state index in [1.807, 2.05) is 13.8 Å². The molecule has 0 aliphatic carbocycles. The number of hydrogen-bond acceptors (Lipinski definition) is 4. The van der Waals surface area contributed by atoms with Crippen LogP contribution < -0.4 is 14.2 Å². The third kappa shape index (κ3) is 4.27. The highest BCUT2D eigenvalue weighted by molar-refractivity contribution is 7.93. The van der Waals surface area contributed by atoms with Gasteiger partial charge in [-0.25, -0.2) is 8.42 Å². The molecule has 0 radical (unpaired) electrons. The van der Waals surface area contributed by atoms with E-state index in [4.69, 9.17) is 21.1 Å². The minimum absolute atomic E-state index is 0.391. The summed E-state index contributed by atoms with van der Waals surface area (Å²) >= 11 is 5.32. The molecule has 0 saturated heterocycles. The minimum Gasteiger partial charge on any atom is -0.490 e. The molecule has 0 atom stereocenters. The van der Waals surface area contributed by atoms with Crippen molar-refractivity contribution in [1.82, 2.24) is 0 Å². The molecule has 1 rings (SSSR count). The molecule has 0 unspecified atom stereocenters. The highest BCUT2D eigenvalue weighted by atomic mass is 35.5. The molecule has 0 aliphatic heterocycles. The van der Waals surface area contributed by atoms with Crippen molar-refractivity contribution in [2.75, 3.05) is 23.1 Å². The van der Waals surface area contributed by atoms with E-state index in [-0.39, 0.29) is 0 Å². The number of halogens is 1. The van der Waals surface area contributed by atoms with Gasteiger partial charge in [0.2, 0.25) is 10.0 Å². The van der Waals surface area contributed by atoms with Crippen molar-refractivity contribution in [2.45, 2.75) is 13.8 Å². The zero-order valence-electron chi connectivity index (χ0n) is 10.3. The number of anilines is 1. The molecular formula is C11H16ClNO4S. The van der Waals surface area contributed by atoms with E-state index in [1.54, 1.807) is 18.2 Å². The lowest BCUT2D eigenvalue weighted by molar-refractivity contribution is 0.288. The molecule has 5 nitrogen and oxygen atoms in total. The molecule has 18 heavy (non-hydrogen) atoms. The summed E-state index contributed by atoms with van der Waals surface area (Å²) in [5.74, 6) is 1.07. The third-order valence-electron chi connectivity index (χ3n) is 1.96. The fourth-order valence-corrected chi connectivity index (χ4v) is 2.03. The normalized spacial score (nSPS) is 11.1. The number of sulfonamides is 1. The summed E-state index contributed by atoms with van der Waals surface area (Å²) < 4.78 is 35.8. The maximum absolute atomic E-state index is 11.3. The highest BCUT2D eigenvalue weighted by Crippen LogP contribution is 2.31. The number of ether oxygens (including phenoxy) is 2. The predicted molar refractivity (Wildman–Crippen MR) is 72.0 cm³/mol. The lowest BCUT2D eigenvalue weighted by Gasteiger charge is -2.13. The van der Waals surface area contributed by atoms with Crippen LogP contribution in [0.4, 0.5) is 5.69 Å². The molecule has 102 valence electrons. The smallest absolute Gasteiger partial charge is 0.246 e. The first-order valence-corrected chi connectivity index (χ1v) is 7.67. The standard InChI is InChI=1S/C11H16ClNO4S/c1-3-16-10-6-5-9(7-11(10)17-4-2)13-18(14,15)8-12/h5-7,13H,3-4,8H2,1-2H3. The summed E-state index contributed by atoms with van der Waals surface area (Å²) in [5, 5.41) is -0.496. The number of nitrogens with one attached hydrogen (secondary N) is 1. The van der Waals surface area contributed by atoms with E-state index < -0.39 is 15.2 Å². The summed E-state index contributed by atoms with van der Waals surface area (Å²) in [4.78, 5) is 0. The Morgan fingerprint density at radius 3 is 2.33 bits per heavy atom. The van der Waals surface area contributed by atoms with Crippen molar-refractivity contribution in [2.24, 2.45) is 0 Å². The zero-order valence-corrected chi connectivity index (χ0v) is 11.8. The molecule has 1 N–H and O–H groups in total. The summed E-state index contributed by atoms with van der Waals surface area (Å²) in [5.41, 5.74) is 0.391. The molecule has 0 amide bonds. The minimum atomic E-state index is -3.51. The van der Waals surface area contributed by atoms with E-state index in [0.717, 1.165) is 0 Å². The van der Waals surface area contributed by atoms with Gasteiger partial charge in [0.1, 0.15) is 5.21 Å². The van der Waals surface area contributed by atoms with E-state index in [9.17, 15) is 8.42 Å². The molecule has 0 aromatic heterocycles. The van der Waals surface area contributed by atoms with Gasteiger partial charge >= 0.3 is 0 Å². The molecule has 0 spiro atoms. The molecule has 0 heterocycles. The van der Waals surface area contributed by atoms with Crippen LogP contribution in [0.5, 0.6) is 11.5 Å². The van der Waals surface area contributed by atoms with Gasteiger partial charge < -0.3 is 9.47 Å². The molecule has 0 fully saturated rings. The first-order valence-electron chi connectivity index (χ1n) is 5.48. The Balaban J connectivity index is 2.99. The highest BCUT2D eigenvalue weighted by Gasteiger charge is 2.11. The summed E-state index contributed by atoms with van der Waals surface area (Å²) in [7, 11) is -3.51. The van der Waals surface area contributed by atoms with E-state index in [2.05, 4.69) is 4.72 Å². The van der Waals surface area contributed by atoms with Gasteiger partial charge in [0, 0.05) is 6.07 Å². The molecule has 1 aromatic carbocycles. The number of hydrogen-bond donors (Lipinski definition) is 1. The Bertz CT molecular complexity index is 490. The predicted octanol–water partition coefficient (Wildman–Crippen LogP) is 2.42. The lowest BCUT2D eigenvalue weighted by Crippen LogP contribution is -2.13. The van der Waals surface area contributed by atoms with Gasteiger partial charge in [-0.3, -0.25) is 4.72 Å². The van der Waals surface area contributed by atoms with Crippen molar-refractivity contribution in [1.29, 1.82) is 0 Å². The van der Waals surface area contributed by atoms with E-state index >= 15 is 0 Å². The lowest BCUT2D eigenvalue weighted by atomic mass is 10.3. The molecule has 0 saturated carbocycles. The van der Waals surface area contributed by atoms with Crippen LogP contribution in [0.3, 0.4) is 0 Å². The second kappa shape index (κ2) is 6.70. The maximum Gasteiger partial charge on any atom is 0.246 e. The van der Waals surface area contributed by atoms with Crippen molar-refractivity contribution in [3.05, 3.63) is 18.2 Å². The van der Waals surface area contributed by atoms with Crippen LogP contribution in [0.15, 0.2) is 18.2 Å². The van der Waals surface area contributed by atoms with Gasteiger partial charge in [-0.15, -0.1) is 11.6 Å². The fraction of sp³-hybridized carbons (Fsp3) is 0.455. The average Bonchev–Trinajstić information content (AvgIpc) is 2.33. The average molecular weight is 294 g/mol. The van der Waals surface area contributed by atoms with Gasteiger partial charge in [-0.05, 0) is 26.0 Å². The largest absolute Gasteiger partial charge is 0.490 e. The molecule has 0 aliphatic rings. The van der Waals surface area contributed by atoms with Crippen molar-refractivity contribution >= 4 is 27.3 Å². The second-order valence-electron chi connectivity index (χ2n) is 3.35. The summed E-state index contributed by atoms with van der Waals surface area (Å²) in [6.45, 7) is 4.67. The van der Waals surface area contributed by atoms with Gasteiger partial charge in [-0.1, -0.05) is 0 Å². The van der Waals surface area contributed by atoms with Crippen LogP contribution in [0.25, 0.3) is 0 Å². The van der Waals surface area contributed by atoms with Gasteiger partial charge in [0.25, 0.3) is 0 Å². The Labute approximate surface area is 112 Å². The monoisotopic (exact) mass is 293 g/mol. The Kier molecular flexibility index (Phi) is 5.55. The summed E-state index contributed by atoms with van der Waals surface area (Å²) in [6.07, 6.45) is 0. The third-order valence-corrected chi connectivity index (χ3v) is 3.66. The van der Waals surface area contributed by atoms with Gasteiger partial charge in [0.05, 0.1) is 18.9 Å². The molecule has 0 bridgehead atoms. The number of benzene rings is 1. The van der Waals surface area contributed by atoms with Crippen LogP contribution >= 0.6 is 11.6 Å². The quantitative estimate of drug-likeness (QED) is 0.784. The number of alkyl halides is 1. The Hall–Kier alpha value is -1.14. The van der Waals surface area contributed by atoms with Crippen LogP contribution in [0.2, 0.25) is 0 Å². The fourth-order valence-electron chi connectivity index (χ4n) is 1.32. The van der Waals surface area contributed by atoms with Crippen LogP contribution in [0, 0.1) is 0 Å². The molecule has 7 heteroatoms. The zero-order chi connectivity index (χ0) is 13.6. The molecule has 1 aromatic rings. The topological polar surface area (TPSA) is 64.6 Å². The first-order chi connectivity index (χ1) is 8.52. The number of rotatable bonds is 7. The van der Waals surface area contributed by atoms with Crippen molar-refractivity contribution in [3.63, 3.8) is 0 Å². The van der Waals surface area contributed by atoms with Crippen molar-refractivity contribution < 1.29 is 17.9 Å². The Morgan fingerprint density at radius 2 is 1.78 bits per heavy atom. The van der Waals surface area contributed by atoms with Crippen molar-refractivity contribution in [3.8, 4) is 11.5 Å². The summed E-state index contributed by atoms with van der Waals surface area (Å²) in [6, 6.07) is 4.82. The van der Waals surface area contributed by atoms with Gasteiger partial charge in [-0.2, -0.15) is 0 Å². The Morgan fingerprint density at radius 1 is 1.17 bits per heavy atom. The van der Waals surface area contributed by atoms with Crippen LogP contribution in [0.1, 0.15) is 13.8 Å². The maximum atomic E-state index is 11.3. The molecular weight excluding hydrogens is 278 g/mol.